The Balaban J connectivity index is 1.48. The minimum absolute atomic E-state index is 0.275. The highest BCUT2D eigenvalue weighted by molar-refractivity contribution is 6.02. The number of piperazine rings is 1. The summed E-state index contributed by atoms with van der Waals surface area (Å²) in [6.07, 6.45) is 4.64. The molecule has 0 unspecified atom stereocenters. The van der Waals surface area contributed by atoms with Crippen molar-refractivity contribution < 1.29 is 9.53 Å². The molecule has 2 aromatic heterocycles. The van der Waals surface area contributed by atoms with E-state index in [0.717, 1.165) is 54.0 Å². The minimum Gasteiger partial charge on any atom is -0.494 e. The number of likely N-dealkylation sites (N-methyl/N-ethyl adjacent to an activating group) is 1. The lowest BCUT2D eigenvalue weighted by Crippen LogP contribution is -2.51. The summed E-state index contributed by atoms with van der Waals surface area (Å²) >= 11 is 0. The molecule has 1 aliphatic rings. The summed E-state index contributed by atoms with van der Waals surface area (Å²) in [5, 5.41) is 11.7. The second-order valence-electron chi connectivity index (χ2n) is 9.64. The van der Waals surface area contributed by atoms with E-state index in [1.807, 2.05) is 48.3 Å². The molecule has 1 fully saturated rings. The van der Waals surface area contributed by atoms with Crippen molar-refractivity contribution in [3.05, 3.63) is 61.6 Å². The number of ether oxygens (including phenoxy) is 1. The van der Waals surface area contributed by atoms with Crippen LogP contribution in [-0.4, -0.2) is 69.9 Å². The molecule has 1 aliphatic heterocycles. The van der Waals surface area contributed by atoms with Gasteiger partial charge < -0.3 is 20.3 Å². The molecular weight excluding hydrogens is 492 g/mol. The Bertz CT molecular complexity index is 1510. The van der Waals surface area contributed by atoms with Crippen LogP contribution in [0.5, 0.6) is 5.75 Å². The minimum atomic E-state index is -0.275. The molecule has 10 heteroatoms. The van der Waals surface area contributed by atoms with Crippen LogP contribution in [0.2, 0.25) is 0 Å². The number of amides is 1. The monoisotopic (exact) mass is 526 g/mol. The van der Waals surface area contributed by atoms with Crippen LogP contribution in [0.25, 0.3) is 22.2 Å². The van der Waals surface area contributed by atoms with Gasteiger partial charge in [0.1, 0.15) is 17.9 Å². The van der Waals surface area contributed by atoms with Gasteiger partial charge in [-0.15, -0.1) is 0 Å². The number of fused-ring (bicyclic) bond motifs is 1. The van der Waals surface area contributed by atoms with Crippen molar-refractivity contribution in [3.63, 3.8) is 0 Å². The normalized spacial score (nSPS) is 15.8. The highest BCUT2D eigenvalue weighted by atomic mass is 16.5. The maximum absolute atomic E-state index is 12.4. The van der Waals surface area contributed by atoms with E-state index >= 15 is 0 Å². The fourth-order valence-electron chi connectivity index (χ4n) is 5.09. The van der Waals surface area contributed by atoms with E-state index in [-0.39, 0.29) is 5.91 Å². The third kappa shape index (κ3) is 5.42. The van der Waals surface area contributed by atoms with Crippen molar-refractivity contribution in [1.29, 1.82) is 0 Å². The standard InChI is InChI=1S/C29H34N8O2/c1-6-29(38)34-23-13-24(27(39-5)15-26(23)37-11-10-36(7-2)19(3)17-37)33-28-14-22(30-18-31-28)20-8-9-21-16-32-35(4)25(21)12-20/h6,8-9,12-16,18-19H,1,7,10-11,17H2,2-5H3,(H,34,38)(H,30,31,33)/t19-/m1/s1. The van der Waals surface area contributed by atoms with Gasteiger partial charge in [-0.1, -0.05) is 25.6 Å². The summed E-state index contributed by atoms with van der Waals surface area (Å²) in [6.45, 7) is 11.7. The van der Waals surface area contributed by atoms with Crippen molar-refractivity contribution in [1.82, 2.24) is 24.6 Å². The first-order chi connectivity index (χ1) is 18.9. The number of carbonyl (C=O) groups excluding carboxylic acids is 1. The topological polar surface area (TPSA) is 100 Å². The Kier molecular flexibility index (Phi) is 7.47. The smallest absolute Gasteiger partial charge is 0.247 e. The molecule has 10 nitrogen and oxygen atoms in total. The molecule has 0 radical (unpaired) electrons. The van der Waals surface area contributed by atoms with Crippen molar-refractivity contribution in [2.75, 3.05) is 48.8 Å². The highest BCUT2D eigenvalue weighted by Crippen LogP contribution is 2.39. The third-order valence-electron chi connectivity index (χ3n) is 7.25. The SMILES string of the molecule is C=CC(=O)Nc1cc(Nc2cc(-c3ccc4cnn(C)c4c3)ncn2)c(OC)cc1N1CCN(CC)[C@H](C)C1. The molecule has 3 heterocycles. The van der Waals surface area contributed by atoms with E-state index in [9.17, 15) is 4.79 Å². The lowest BCUT2D eigenvalue weighted by molar-refractivity contribution is -0.111. The summed E-state index contributed by atoms with van der Waals surface area (Å²) in [7, 11) is 3.56. The molecule has 0 bridgehead atoms. The summed E-state index contributed by atoms with van der Waals surface area (Å²) in [4.78, 5) is 26.0. The van der Waals surface area contributed by atoms with Gasteiger partial charge in [0.2, 0.25) is 5.91 Å². The number of aryl methyl sites for hydroxylation is 1. The third-order valence-corrected chi connectivity index (χ3v) is 7.25. The van der Waals surface area contributed by atoms with Gasteiger partial charge in [0.25, 0.3) is 0 Å². The molecule has 2 aromatic carbocycles. The quantitative estimate of drug-likeness (QED) is 0.325. The number of aromatic nitrogens is 4. The van der Waals surface area contributed by atoms with E-state index in [1.165, 1.54) is 12.4 Å². The molecule has 1 saturated heterocycles. The van der Waals surface area contributed by atoms with Crippen LogP contribution >= 0.6 is 0 Å². The Labute approximate surface area is 228 Å². The number of methoxy groups -OCH3 is 1. The van der Waals surface area contributed by atoms with Crippen molar-refractivity contribution >= 4 is 39.7 Å². The maximum atomic E-state index is 12.4. The molecule has 5 rings (SSSR count). The molecule has 1 atom stereocenters. The van der Waals surface area contributed by atoms with Crippen LogP contribution in [0.4, 0.5) is 22.9 Å². The first-order valence-corrected chi connectivity index (χ1v) is 13.1. The van der Waals surface area contributed by atoms with Crippen LogP contribution in [0, 0.1) is 0 Å². The van der Waals surface area contributed by atoms with E-state index in [0.29, 0.717) is 29.0 Å². The van der Waals surface area contributed by atoms with E-state index < -0.39 is 0 Å². The Morgan fingerprint density at radius 1 is 1.18 bits per heavy atom. The fraction of sp³-hybridized carbons (Fsp3) is 0.310. The second kappa shape index (κ2) is 11.1. The van der Waals surface area contributed by atoms with Gasteiger partial charge in [-0.25, -0.2) is 9.97 Å². The van der Waals surface area contributed by atoms with Gasteiger partial charge in [-0.3, -0.25) is 14.4 Å². The first-order valence-electron chi connectivity index (χ1n) is 13.1. The lowest BCUT2D eigenvalue weighted by Gasteiger charge is -2.41. The number of anilines is 4. The van der Waals surface area contributed by atoms with Crippen LogP contribution in [0.1, 0.15) is 13.8 Å². The zero-order chi connectivity index (χ0) is 27.5. The van der Waals surface area contributed by atoms with Crippen LogP contribution in [0.3, 0.4) is 0 Å². The molecule has 0 saturated carbocycles. The van der Waals surface area contributed by atoms with E-state index in [4.69, 9.17) is 4.74 Å². The summed E-state index contributed by atoms with van der Waals surface area (Å²) in [5.74, 6) is 0.966. The van der Waals surface area contributed by atoms with Gasteiger partial charge in [-0.2, -0.15) is 5.10 Å². The largest absolute Gasteiger partial charge is 0.494 e. The predicted molar refractivity (Wildman–Crippen MR) is 156 cm³/mol. The summed E-state index contributed by atoms with van der Waals surface area (Å²) in [5.41, 5.74) is 5.01. The van der Waals surface area contributed by atoms with Crippen molar-refractivity contribution in [3.8, 4) is 17.0 Å². The number of rotatable bonds is 8. The number of hydrogen-bond donors (Lipinski definition) is 2. The highest BCUT2D eigenvalue weighted by Gasteiger charge is 2.26. The predicted octanol–water partition coefficient (Wildman–Crippen LogP) is 4.44. The molecular formula is C29H34N8O2. The van der Waals surface area contributed by atoms with E-state index in [1.54, 1.807) is 7.11 Å². The summed E-state index contributed by atoms with van der Waals surface area (Å²) in [6, 6.07) is 12.2. The molecule has 202 valence electrons. The maximum Gasteiger partial charge on any atom is 0.247 e. The second-order valence-corrected chi connectivity index (χ2v) is 9.64. The van der Waals surface area contributed by atoms with Crippen LogP contribution in [0.15, 0.2) is 61.6 Å². The molecule has 2 N–H and O–H groups in total. The number of carbonyl (C=O) groups is 1. The molecule has 0 aliphatic carbocycles. The summed E-state index contributed by atoms with van der Waals surface area (Å²) < 4.78 is 7.63. The average Bonchev–Trinajstić information content (AvgIpc) is 3.33. The zero-order valence-corrected chi connectivity index (χ0v) is 22.8. The van der Waals surface area contributed by atoms with E-state index in [2.05, 4.69) is 62.0 Å². The number of nitrogens with one attached hydrogen (secondary N) is 2. The van der Waals surface area contributed by atoms with Crippen molar-refractivity contribution in [2.24, 2.45) is 7.05 Å². The average molecular weight is 527 g/mol. The Morgan fingerprint density at radius 3 is 2.77 bits per heavy atom. The van der Waals surface area contributed by atoms with Crippen LogP contribution < -0.4 is 20.3 Å². The van der Waals surface area contributed by atoms with Crippen LogP contribution in [-0.2, 0) is 11.8 Å². The van der Waals surface area contributed by atoms with Gasteiger partial charge in [-0.05, 0) is 31.7 Å². The Hall–Kier alpha value is -4.44. The Morgan fingerprint density at radius 2 is 2.03 bits per heavy atom. The zero-order valence-electron chi connectivity index (χ0n) is 22.8. The molecule has 39 heavy (non-hydrogen) atoms. The van der Waals surface area contributed by atoms with Gasteiger partial charge >= 0.3 is 0 Å². The van der Waals surface area contributed by atoms with Crippen molar-refractivity contribution in [2.45, 2.75) is 19.9 Å². The molecule has 0 spiro atoms. The fourth-order valence-corrected chi connectivity index (χ4v) is 5.09. The number of hydrogen-bond acceptors (Lipinski definition) is 8. The van der Waals surface area contributed by atoms with Gasteiger partial charge in [0, 0.05) is 55.8 Å². The lowest BCUT2D eigenvalue weighted by atomic mass is 10.1. The number of nitrogens with zero attached hydrogens (tertiary/aromatic N) is 6. The number of benzene rings is 2. The first kappa shape index (κ1) is 26.2. The molecule has 1 amide bonds. The van der Waals surface area contributed by atoms with Gasteiger partial charge in [0.05, 0.1) is 41.6 Å². The van der Waals surface area contributed by atoms with Gasteiger partial charge in [0.15, 0.2) is 0 Å². The molecule has 4 aromatic rings.